The molecule has 3 atom stereocenters. The topological polar surface area (TPSA) is 41.6 Å². The summed E-state index contributed by atoms with van der Waals surface area (Å²) in [5.74, 6) is 0.267. The highest BCUT2D eigenvalue weighted by Crippen LogP contribution is 2.33. The Labute approximate surface area is 138 Å². The fourth-order valence-corrected chi connectivity index (χ4v) is 3.95. The monoisotopic (exact) mass is 314 g/mol. The number of rotatable bonds is 4. The maximum atomic E-state index is 12.5. The molecule has 0 spiro atoms. The molecule has 0 radical (unpaired) electrons. The third-order valence-electron chi connectivity index (χ3n) is 5.55. The number of amides is 1. The summed E-state index contributed by atoms with van der Waals surface area (Å²) in [6.45, 7) is 4.88. The quantitative estimate of drug-likeness (QED) is 0.927. The molecular weight excluding hydrogens is 288 g/mol. The van der Waals surface area contributed by atoms with Gasteiger partial charge in [-0.15, -0.1) is 0 Å². The number of ether oxygens (including phenoxy) is 1. The lowest BCUT2D eigenvalue weighted by Crippen LogP contribution is -2.47. The Kier molecular flexibility index (Phi) is 4.12. The van der Waals surface area contributed by atoms with E-state index >= 15 is 0 Å². The van der Waals surface area contributed by atoms with Gasteiger partial charge in [-0.2, -0.15) is 0 Å². The second-order valence-electron chi connectivity index (χ2n) is 7.45. The Morgan fingerprint density at radius 3 is 2.74 bits per heavy atom. The van der Waals surface area contributed by atoms with Crippen molar-refractivity contribution in [3.8, 4) is 0 Å². The van der Waals surface area contributed by atoms with Crippen LogP contribution in [0.1, 0.15) is 36.8 Å². The van der Waals surface area contributed by atoms with Gasteiger partial charge in [0.05, 0.1) is 18.1 Å². The average molecular weight is 314 g/mol. The lowest BCUT2D eigenvalue weighted by atomic mass is 9.91. The highest BCUT2D eigenvalue weighted by Gasteiger charge is 2.45. The minimum absolute atomic E-state index is 0.0450. The molecule has 0 unspecified atom stereocenters. The number of nitrogens with one attached hydrogen (secondary N) is 1. The van der Waals surface area contributed by atoms with Crippen molar-refractivity contribution in [3.63, 3.8) is 0 Å². The predicted octanol–water partition coefficient (Wildman–Crippen LogP) is 2.25. The van der Waals surface area contributed by atoms with Crippen LogP contribution in [0.25, 0.3) is 0 Å². The van der Waals surface area contributed by atoms with Crippen molar-refractivity contribution in [2.45, 2.75) is 57.4 Å². The molecular formula is C19H26N2O2. The molecule has 3 fully saturated rings. The Morgan fingerprint density at radius 2 is 2.04 bits per heavy atom. The molecule has 2 aliphatic heterocycles. The number of likely N-dealkylation sites (tertiary alicyclic amines) is 1. The summed E-state index contributed by atoms with van der Waals surface area (Å²) in [6.07, 6.45) is 4.71. The van der Waals surface area contributed by atoms with Crippen LogP contribution in [0.3, 0.4) is 0 Å². The summed E-state index contributed by atoms with van der Waals surface area (Å²) in [4.78, 5) is 14.9. The fourth-order valence-electron chi connectivity index (χ4n) is 3.95. The second kappa shape index (κ2) is 6.25. The highest BCUT2D eigenvalue weighted by molar-refractivity contribution is 5.80. The fraction of sp³-hybridized carbons (Fsp3) is 0.632. The number of benzene rings is 1. The number of hydrogen-bond donors (Lipinski definition) is 1. The molecule has 2 saturated heterocycles. The number of aryl methyl sites for hydroxylation is 1. The van der Waals surface area contributed by atoms with Crippen LogP contribution >= 0.6 is 0 Å². The van der Waals surface area contributed by atoms with Crippen LogP contribution in [-0.4, -0.2) is 42.1 Å². The van der Waals surface area contributed by atoms with Gasteiger partial charge in [0.1, 0.15) is 0 Å². The molecule has 124 valence electrons. The van der Waals surface area contributed by atoms with E-state index in [-0.39, 0.29) is 24.0 Å². The maximum Gasteiger partial charge on any atom is 0.226 e. The molecule has 1 aliphatic carbocycles. The van der Waals surface area contributed by atoms with Crippen LogP contribution in [0.5, 0.6) is 0 Å². The number of carbonyl (C=O) groups is 1. The van der Waals surface area contributed by atoms with E-state index in [9.17, 15) is 4.79 Å². The molecule has 0 aromatic heterocycles. The SMILES string of the molecule is Cc1ccc(CN2C[C@H]3C[C@H](C(=O)NC4CCC4)[C@@H](C2)O3)cc1. The van der Waals surface area contributed by atoms with Gasteiger partial charge in [-0.25, -0.2) is 0 Å². The Bertz CT molecular complexity index is 567. The standard InChI is InChI=1S/C19H26N2O2/c1-13-5-7-14(8-6-13)10-21-11-16-9-17(18(12-21)23-16)19(22)20-15-3-2-4-15/h5-8,15-18H,2-4,9-12H2,1H3,(H,20,22)/t16-,17+,18-/m1/s1. The third-order valence-corrected chi connectivity index (χ3v) is 5.55. The van der Waals surface area contributed by atoms with Crippen molar-refractivity contribution in [2.75, 3.05) is 13.1 Å². The van der Waals surface area contributed by atoms with E-state index in [0.29, 0.717) is 6.04 Å². The molecule has 1 saturated carbocycles. The summed E-state index contributed by atoms with van der Waals surface area (Å²) in [5, 5.41) is 3.20. The van der Waals surface area contributed by atoms with E-state index in [1.807, 2.05) is 0 Å². The normalized spacial score (nSPS) is 30.9. The third kappa shape index (κ3) is 3.29. The van der Waals surface area contributed by atoms with Gasteiger partial charge >= 0.3 is 0 Å². The van der Waals surface area contributed by atoms with Gasteiger partial charge in [-0.05, 0) is 38.2 Å². The Morgan fingerprint density at radius 1 is 1.26 bits per heavy atom. The summed E-state index contributed by atoms with van der Waals surface area (Å²) in [6, 6.07) is 9.16. The largest absolute Gasteiger partial charge is 0.371 e. The molecule has 1 aromatic rings. The molecule has 1 N–H and O–H groups in total. The first kappa shape index (κ1) is 15.2. The van der Waals surface area contributed by atoms with Gasteiger partial charge in [-0.1, -0.05) is 29.8 Å². The zero-order valence-corrected chi connectivity index (χ0v) is 13.8. The molecule has 3 aliphatic rings. The van der Waals surface area contributed by atoms with Crippen molar-refractivity contribution < 1.29 is 9.53 Å². The predicted molar refractivity (Wildman–Crippen MR) is 89.0 cm³/mol. The van der Waals surface area contributed by atoms with Crippen LogP contribution in [0.2, 0.25) is 0 Å². The van der Waals surface area contributed by atoms with Gasteiger partial charge in [0.15, 0.2) is 0 Å². The summed E-state index contributed by atoms with van der Waals surface area (Å²) in [5.41, 5.74) is 2.64. The van der Waals surface area contributed by atoms with Crippen molar-refractivity contribution in [3.05, 3.63) is 35.4 Å². The van der Waals surface area contributed by atoms with Gasteiger partial charge in [0.25, 0.3) is 0 Å². The van der Waals surface area contributed by atoms with Crippen LogP contribution in [0, 0.1) is 12.8 Å². The number of carbonyl (C=O) groups excluding carboxylic acids is 1. The smallest absolute Gasteiger partial charge is 0.226 e. The summed E-state index contributed by atoms with van der Waals surface area (Å²) < 4.78 is 6.05. The van der Waals surface area contributed by atoms with Crippen molar-refractivity contribution in [1.29, 1.82) is 0 Å². The minimum Gasteiger partial charge on any atom is -0.371 e. The van der Waals surface area contributed by atoms with Crippen LogP contribution in [0.15, 0.2) is 24.3 Å². The van der Waals surface area contributed by atoms with Gasteiger partial charge in [-0.3, -0.25) is 9.69 Å². The average Bonchev–Trinajstić information content (AvgIpc) is 2.80. The van der Waals surface area contributed by atoms with Crippen molar-refractivity contribution >= 4 is 5.91 Å². The molecule has 2 heterocycles. The number of fused-ring (bicyclic) bond motifs is 2. The van der Waals surface area contributed by atoms with Crippen LogP contribution < -0.4 is 5.32 Å². The van der Waals surface area contributed by atoms with Crippen molar-refractivity contribution in [2.24, 2.45) is 5.92 Å². The minimum atomic E-state index is 0.0450. The number of morpholine rings is 1. The first-order valence-corrected chi connectivity index (χ1v) is 8.91. The van der Waals surface area contributed by atoms with E-state index in [2.05, 4.69) is 41.4 Å². The summed E-state index contributed by atoms with van der Waals surface area (Å²) >= 11 is 0. The molecule has 1 aromatic carbocycles. The lowest BCUT2D eigenvalue weighted by Gasteiger charge is -2.33. The Hall–Kier alpha value is -1.39. The zero-order chi connectivity index (χ0) is 15.8. The zero-order valence-electron chi connectivity index (χ0n) is 13.8. The van der Waals surface area contributed by atoms with E-state index < -0.39 is 0 Å². The second-order valence-corrected chi connectivity index (χ2v) is 7.45. The van der Waals surface area contributed by atoms with E-state index in [1.54, 1.807) is 0 Å². The van der Waals surface area contributed by atoms with Gasteiger partial charge < -0.3 is 10.1 Å². The molecule has 4 heteroatoms. The van der Waals surface area contributed by atoms with E-state index in [1.165, 1.54) is 17.5 Å². The molecule has 4 nitrogen and oxygen atoms in total. The van der Waals surface area contributed by atoms with E-state index in [4.69, 9.17) is 4.74 Å². The first-order chi connectivity index (χ1) is 11.2. The summed E-state index contributed by atoms with van der Waals surface area (Å²) in [7, 11) is 0. The molecule has 4 rings (SSSR count). The first-order valence-electron chi connectivity index (χ1n) is 8.91. The lowest BCUT2D eigenvalue weighted by molar-refractivity contribution is -0.129. The van der Waals surface area contributed by atoms with Gasteiger partial charge in [0.2, 0.25) is 5.91 Å². The number of nitrogens with zero attached hydrogens (tertiary/aromatic N) is 1. The van der Waals surface area contributed by atoms with Crippen LogP contribution in [-0.2, 0) is 16.1 Å². The van der Waals surface area contributed by atoms with Gasteiger partial charge in [0, 0.05) is 25.7 Å². The molecule has 23 heavy (non-hydrogen) atoms. The van der Waals surface area contributed by atoms with Crippen molar-refractivity contribution in [1.82, 2.24) is 10.2 Å². The molecule has 2 bridgehead atoms. The van der Waals surface area contributed by atoms with E-state index in [0.717, 1.165) is 38.9 Å². The maximum absolute atomic E-state index is 12.5. The number of hydrogen-bond acceptors (Lipinski definition) is 3. The van der Waals surface area contributed by atoms with Crippen LogP contribution in [0.4, 0.5) is 0 Å². The highest BCUT2D eigenvalue weighted by atomic mass is 16.5. The molecule has 1 amide bonds. The Balaban J connectivity index is 1.35.